The van der Waals surface area contributed by atoms with E-state index in [1.165, 1.54) is 0 Å². The van der Waals surface area contributed by atoms with Gasteiger partial charge < -0.3 is 20.5 Å². The number of carbonyl (C=O) groups excluding carboxylic acids is 1. The zero-order valence-electron chi connectivity index (χ0n) is 12.0. The van der Waals surface area contributed by atoms with Crippen molar-refractivity contribution in [3.63, 3.8) is 0 Å². The molecular formula is C15H22N2O3. The van der Waals surface area contributed by atoms with E-state index in [0.29, 0.717) is 26.1 Å². The van der Waals surface area contributed by atoms with E-state index >= 15 is 0 Å². The van der Waals surface area contributed by atoms with Crippen molar-refractivity contribution in [2.24, 2.45) is 5.73 Å². The van der Waals surface area contributed by atoms with Crippen molar-refractivity contribution >= 4 is 5.91 Å². The summed E-state index contributed by atoms with van der Waals surface area (Å²) in [5.41, 5.74) is 6.64. The van der Waals surface area contributed by atoms with Gasteiger partial charge in [0.1, 0.15) is 5.75 Å². The van der Waals surface area contributed by atoms with Crippen LogP contribution in [-0.2, 0) is 16.0 Å². The summed E-state index contributed by atoms with van der Waals surface area (Å²) < 4.78 is 5.59. The molecule has 1 fully saturated rings. The normalized spacial score (nSPS) is 19.6. The maximum absolute atomic E-state index is 12.4. The first-order chi connectivity index (χ1) is 9.37. The highest BCUT2D eigenvalue weighted by molar-refractivity contribution is 5.82. The van der Waals surface area contributed by atoms with Gasteiger partial charge in [-0.2, -0.15) is 0 Å². The summed E-state index contributed by atoms with van der Waals surface area (Å²) in [5, 5.41) is 9.24. The monoisotopic (exact) mass is 278 g/mol. The van der Waals surface area contributed by atoms with Crippen molar-refractivity contribution in [3.8, 4) is 5.75 Å². The SMILES string of the molecule is CC1(C)CN(C(=O)[C@H](N)Cc2ccc(O)cc2)CCO1. The van der Waals surface area contributed by atoms with Gasteiger partial charge in [-0.3, -0.25) is 4.79 Å². The molecule has 0 spiro atoms. The fourth-order valence-electron chi connectivity index (χ4n) is 2.41. The van der Waals surface area contributed by atoms with E-state index < -0.39 is 6.04 Å². The number of rotatable bonds is 3. The molecule has 1 saturated heterocycles. The molecule has 0 bridgehead atoms. The molecule has 0 aliphatic carbocycles. The third kappa shape index (κ3) is 3.71. The van der Waals surface area contributed by atoms with Gasteiger partial charge in [-0.1, -0.05) is 12.1 Å². The van der Waals surface area contributed by atoms with Crippen molar-refractivity contribution in [1.82, 2.24) is 4.90 Å². The Balaban J connectivity index is 1.96. The molecular weight excluding hydrogens is 256 g/mol. The predicted octanol–water partition coefficient (Wildman–Crippen LogP) is 0.899. The quantitative estimate of drug-likeness (QED) is 0.861. The molecule has 5 heteroatoms. The van der Waals surface area contributed by atoms with Gasteiger partial charge in [0.2, 0.25) is 5.91 Å². The van der Waals surface area contributed by atoms with Crippen LogP contribution in [0.1, 0.15) is 19.4 Å². The average molecular weight is 278 g/mol. The van der Waals surface area contributed by atoms with E-state index in [9.17, 15) is 9.90 Å². The van der Waals surface area contributed by atoms with Gasteiger partial charge in [0, 0.05) is 13.1 Å². The number of nitrogens with zero attached hydrogens (tertiary/aromatic N) is 1. The molecule has 0 saturated carbocycles. The number of carbonyl (C=O) groups is 1. The number of nitrogens with two attached hydrogens (primary N) is 1. The first kappa shape index (κ1) is 14.8. The summed E-state index contributed by atoms with van der Waals surface area (Å²) in [6.07, 6.45) is 0.469. The van der Waals surface area contributed by atoms with E-state index in [0.717, 1.165) is 5.56 Å². The second kappa shape index (κ2) is 5.81. The van der Waals surface area contributed by atoms with Gasteiger partial charge >= 0.3 is 0 Å². The predicted molar refractivity (Wildman–Crippen MR) is 76.4 cm³/mol. The molecule has 1 atom stereocenters. The second-order valence-electron chi connectivity index (χ2n) is 5.85. The molecule has 20 heavy (non-hydrogen) atoms. The molecule has 1 aliphatic heterocycles. The molecule has 0 unspecified atom stereocenters. The number of aromatic hydroxyl groups is 1. The Morgan fingerprint density at radius 1 is 1.45 bits per heavy atom. The zero-order chi connectivity index (χ0) is 14.8. The fraction of sp³-hybridized carbons (Fsp3) is 0.533. The van der Waals surface area contributed by atoms with Crippen molar-refractivity contribution in [3.05, 3.63) is 29.8 Å². The minimum Gasteiger partial charge on any atom is -0.508 e. The Morgan fingerprint density at radius 3 is 2.70 bits per heavy atom. The molecule has 0 radical (unpaired) electrons. The van der Waals surface area contributed by atoms with Crippen LogP contribution in [0.5, 0.6) is 5.75 Å². The van der Waals surface area contributed by atoms with Crippen LogP contribution in [0.15, 0.2) is 24.3 Å². The highest BCUT2D eigenvalue weighted by Crippen LogP contribution is 2.18. The molecule has 5 nitrogen and oxygen atoms in total. The van der Waals surface area contributed by atoms with Gasteiger partial charge in [-0.25, -0.2) is 0 Å². The molecule has 1 aromatic rings. The molecule has 1 aliphatic rings. The number of amides is 1. The van der Waals surface area contributed by atoms with E-state index in [2.05, 4.69) is 0 Å². The number of hydrogen-bond donors (Lipinski definition) is 2. The molecule has 1 amide bonds. The van der Waals surface area contributed by atoms with Crippen LogP contribution in [0.25, 0.3) is 0 Å². The van der Waals surface area contributed by atoms with E-state index in [-0.39, 0.29) is 17.3 Å². The van der Waals surface area contributed by atoms with Gasteiger partial charge in [0.15, 0.2) is 0 Å². The Morgan fingerprint density at radius 2 is 2.10 bits per heavy atom. The van der Waals surface area contributed by atoms with Crippen LogP contribution in [0.3, 0.4) is 0 Å². The van der Waals surface area contributed by atoms with E-state index in [4.69, 9.17) is 10.5 Å². The lowest BCUT2D eigenvalue weighted by molar-refractivity contribution is -0.147. The topological polar surface area (TPSA) is 75.8 Å². The Hall–Kier alpha value is -1.59. The smallest absolute Gasteiger partial charge is 0.240 e. The summed E-state index contributed by atoms with van der Waals surface area (Å²) in [4.78, 5) is 14.1. The highest BCUT2D eigenvalue weighted by atomic mass is 16.5. The minimum absolute atomic E-state index is 0.0468. The van der Waals surface area contributed by atoms with Crippen molar-refractivity contribution in [2.75, 3.05) is 19.7 Å². The minimum atomic E-state index is -0.562. The van der Waals surface area contributed by atoms with Crippen molar-refractivity contribution < 1.29 is 14.6 Å². The summed E-state index contributed by atoms with van der Waals surface area (Å²) in [7, 11) is 0. The number of phenols is 1. The van der Waals surface area contributed by atoms with Crippen LogP contribution < -0.4 is 5.73 Å². The number of phenolic OH excluding ortho intramolecular Hbond substituents is 1. The Bertz CT molecular complexity index is 471. The zero-order valence-corrected chi connectivity index (χ0v) is 12.0. The van der Waals surface area contributed by atoms with Gasteiger partial charge in [0.25, 0.3) is 0 Å². The first-order valence-corrected chi connectivity index (χ1v) is 6.84. The lowest BCUT2D eigenvalue weighted by Gasteiger charge is -2.39. The van der Waals surface area contributed by atoms with Crippen molar-refractivity contribution in [1.29, 1.82) is 0 Å². The van der Waals surface area contributed by atoms with E-state index in [1.807, 2.05) is 13.8 Å². The van der Waals surface area contributed by atoms with Gasteiger partial charge in [-0.05, 0) is 38.0 Å². The second-order valence-corrected chi connectivity index (χ2v) is 5.85. The van der Waals surface area contributed by atoms with Crippen LogP contribution >= 0.6 is 0 Å². The summed E-state index contributed by atoms with van der Waals surface area (Å²) in [5.74, 6) is 0.165. The maximum Gasteiger partial charge on any atom is 0.240 e. The average Bonchev–Trinajstić information content (AvgIpc) is 2.39. The standard InChI is InChI=1S/C15H22N2O3/c1-15(2)10-17(7-8-20-15)14(19)13(16)9-11-3-5-12(18)6-4-11/h3-6,13,18H,7-10,16H2,1-2H3/t13-/m1/s1. The molecule has 2 rings (SSSR count). The molecule has 110 valence electrons. The molecule has 1 aromatic carbocycles. The summed E-state index contributed by atoms with van der Waals surface area (Å²) >= 11 is 0. The summed E-state index contributed by atoms with van der Waals surface area (Å²) in [6, 6.07) is 6.21. The fourth-order valence-corrected chi connectivity index (χ4v) is 2.41. The van der Waals surface area contributed by atoms with Crippen LogP contribution in [0.4, 0.5) is 0 Å². The molecule has 1 heterocycles. The first-order valence-electron chi connectivity index (χ1n) is 6.84. The third-order valence-corrected chi connectivity index (χ3v) is 3.45. The number of benzene rings is 1. The lowest BCUT2D eigenvalue weighted by Crippen LogP contribution is -2.55. The maximum atomic E-state index is 12.4. The van der Waals surface area contributed by atoms with Crippen LogP contribution in [0, 0.1) is 0 Å². The Kier molecular flexibility index (Phi) is 4.30. The van der Waals surface area contributed by atoms with Crippen LogP contribution in [-0.4, -0.2) is 47.3 Å². The Labute approximate surface area is 119 Å². The van der Waals surface area contributed by atoms with Gasteiger partial charge in [0.05, 0.1) is 18.2 Å². The third-order valence-electron chi connectivity index (χ3n) is 3.45. The summed E-state index contributed by atoms with van der Waals surface area (Å²) in [6.45, 7) is 5.64. The highest BCUT2D eigenvalue weighted by Gasteiger charge is 2.31. The number of morpholine rings is 1. The van der Waals surface area contributed by atoms with Crippen LogP contribution in [0.2, 0.25) is 0 Å². The molecule has 3 N–H and O–H groups in total. The van der Waals surface area contributed by atoms with Gasteiger partial charge in [-0.15, -0.1) is 0 Å². The van der Waals surface area contributed by atoms with E-state index in [1.54, 1.807) is 29.2 Å². The lowest BCUT2D eigenvalue weighted by atomic mass is 10.0. The number of hydrogen-bond acceptors (Lipinski definition) is 4. The molecule has 0 aromatic heterocycles. The van der Waals surface area contributed by atoms with Crippen molar-refractivity contribution in [2.45, 2.75) is 31.9 Å². The number of ether oxygens (including phenoxy) is 1. The largest absolute Gasteiger partial charge is 0.508 e.